The number of furan rings is 2. The summed E-state index contributed by atoms with van der Waals surface area (Å²) in [5, 5.41) is 11.6. The van der Waals surface area contributed by atoms with Crippen molar-refractivity contribution in [2.24, 2.45) is 10.8 Å². The van der Waals surface area contributed by atoms with E-state index < -0.39 is 0 Å². The molecule has 0 bridgehead atoms. The van der Waals surface area contributed by atoms with Crippen molar-refractivity contribution in [3.63, 3.8) is 0 Å². The molecule has 2 heterocycles. The van der Waals surface area contributed by atoms with Crippen LogP contribution in [-0.4, -0.2) is 0 Å². The predicted molar refractivity (Wildman–Crippen MR) is 280 cm³/mol. The summed E-state index contributed by atoms with van der Waals surface area (Å²) >= 11 is 0. The third kappa shape index (κ3) is 6.74. The van der Waals surface area contributed by atoms with E-state index in [0.717, 1.165) is 90.8 Å². The fourth-order valence-electron chi connectivity index (χ4n) is 10.5. The lowest BCUT2D eigenvalue weighted by atomic mass is 9.88. The molecule has 0 spiro atoms. The summed E-state index contributed by atoms with van der Waals surface area (Å²) in [5.74, 6) is 0. The molecule has 0 aliphatic rings. The maximum absolute atomic E-state index is 6.77. The van der Waals surface area contributed by atoms with Gasteiger partial charge < -0.3 is 18.6 Å². The average Bonchev–Trinajstić information content (AvgIpc) is 3.89. The predicted octanol–water partition coefficient (Wildman–Crippen LogP) is 18.5. The molecule has 66 heavy (non-hydrogen) atoms. The second-order valence-electron chi connectivity index (χ2n) is 20.6. The largest absolute Gasteiger partial charge is 0.454 e. The molecule has 2 aromatic heterocycles. The van der Waals surface area contributed by atoms with E-state index in [1.165, 1.54) is 43.4 Å². The molecular formula is C62H52N2O2. The van der Waals surface area contributed by atoms with Crippen molar-refractivity contribution in [3.05, 3.63) is 193 Å². The topological polar surface area (TPSA) is 32.8 Å². The van der Waals surface area contributed by atoms with Crippen molar-refractivity contribution in [2.75, 3.05) is 9.80 Å². The van der Waals surface area contributed by atoms with E-state index in [2.05, 4.69) is 221 Å². The molecule has 0 radical (unpaired) electrons. The molecule has 0 aliphatic carbocycles. The molecule has 12 aromatic rings. The lowest BCUT2D eigenvalue weighted by Gasteiger charge is -2.29. The first-order chi connectivity index (χ1) is 32.0. The van der Waals surface area contributed by atoms with E-state index in [4.69, 9.17) is 8.83 Å². The lowest BCUT2D eigenvalue weighted by molar-refractivity contribution is 0.411. The summed E-state index contributed by atoms with van der Waals surface area (Å²) in [6.45, 7) is 13.8. The van der Waals surface area contributed by atoms with Crippen LogP contribution in [0, 0.1) is 10.8 Å². The Kier molecular flexibility index (Phi) is 9.09. The summed E-state index contributed by atoms with van der Waals surface area (Å²) in [6.07, 6.45) is 1.99. The van der Waals surface area contributed by atoms with Crippen molar-refractivity contribution in [1.82, 2.24) is 0 Å². The fraction of sp³-hybridized carbons (Fsp3) is 0.161. The number of anilines is 6. The minimum absolute atomic E-state index is 0.176. The van der Waals surface area contributed by atoms with Gasteiger partial charge in [0.1, 0.15) is 11.2 Å². The zero-order valence-corrected chi connectivity index (χ0v) is 38.4. The summed E-state index contributed by atoms with van der Waals surface area (Å²) in [6, 6.07) is 66.5. The minimum Gasteiger partial charge on any atom is -0.454 e. The summed E-state index contributed by atoms with van der Waals surface area (Å²) < 4.78 is 13.5. The highest BCUT2D eigenvalue weighted by molar-refractivity contribution is 6.28. The first-order valence-electron chi connectivity index (χ1n) is 23.3. The third-order valence-corrected chi connectivity index (χ3v) is 13.2. The number of para-hydroxylation sites is 4. The minimum atomic E-state index is 0.176. The molecule has 10 aromatic carbocycles. The van der Waals surface area contributed by atoms with E-state index >= 15 is 0 Å². The van der Waals surface area contributed by atoms with E-state index in [1.54, 1.807) is 0 Å². The van der Waals surface area contributed by atoms with Crippen LogP contribution in [0.4, 0.5) is 34.1 Å². The maximum atomic E-state index is 6.77. The molecule has 0 fully saturated rings. The van der Waals surface area contributed by atoms with Gasteiger partial charge in [-0.2, -0.15) is 0 Å². The van der Waals surface area contributed by atoms with Gasteiger partial charge >= 0.3 is 0 Å². The average molecular weight is 857 g/mol. The molecule has 4 nitrogen and oxygen atoms in total. The molecule has 12 rings (SSSR count). The monoisotopic (exact) mass is 856 g/mol. The Morgan fingerprint density at radius 1 is 0.333 bits per heavy atom. The zero-order chi connectivity index (χ0) is 44.9. The molecule has 0 N–H and O–H groups in total. The van der Waals surface area contributed by atoms with Gasteiger partial charge in [-0.3, -0.25) is 0 Å². The molecular weight excluding hydrogens is 805 g/mol. The van der Waals surface area contributed by atoms with Gasteiger partial charge in [0, 0.05) is 43.7 Å². The second kappa shape index (κ2) is 15.0. The van der Waals surface area contributed by atoms with Crippen LogP contribution in [0.25, 0.3) is 76.2 Å². The Bertz CT molecular complexity index is 3530. The van der Waals surface area contributed by atoms with Crippen molar-refractivity contribution in [1.29, 1.82) is 0 Å². The third-order valence-electron chi connectivity index (χ3n) is 13.2. The van der Waals surface area contributed by atoms with Crippen molar-refractivity contribution < 1.29 is 8.83 Å². The van der Waals surface area contributed by atoms with Crippen LogP contribution in [0.5, 0.6) is 0 Å². The highest BCUT2D eigenvalue weighted by Crippen LogP contribution is 2.50. The first kappa shape index (κ1) is 40.0. The van der Waals surface area contributed by atoms with E-state index in [-0.39, 0.29) is 10.8 Å². The lowest BCUT2D eigenvalue weighted by Crippen LogP contribution is -2.13. The zero-order valence-electron chi connectivity index (χ0n) is 38.4. The van der Waals surface area contributed by atoms with Gasteiger partial charge in [0.2, 0.25) is 0 Å². The molecule has 4 heteroatoms. The van der Waals surface area contributed by atoms with Crippen molar-refractivity contribution in [2.45, 2.75) is 54.4 Å². The quantitative estimate of drug-likeness (QED) is 0.143. The number of fused-ring (bicyclic) bond motifs is 6. The molecule has 0 aliphatic heterocycles. The summed E-state index contributed by atoms with van der Waals surface area (Å²) in [4.78, 5) is 4.82. The van der Waals surface area contributed by atoms with Gasteiger partial charge in [0.25, 0.3) is 0 Å². The normalized spacial score (nSPS) is 12.5. The van der Waals surface area contributed by atoms with Gasteiger partial charge in [0.05, 0.1) is 22.7 Å². The number of benzene rings is 10. The van der Waals surface area contributed by atoms with Crippen LogP contribution < -0.4 is 9.80 Å². The van der Waals surface area contributed by atoms with Crippen LogP contribution in [0.1, 0.15) is 52.7 Å². The smallest absolute Gasteiger partial charge is 0.159 e. The van der Waals surface area contributed by atoms with Gasteiger partial charge in [-0.1, -0.05) is 163 Å². The van der Waals surface area contributed by atoms with E-state index in [0.29, 0.717) is 0 Å². The second-order valence-corrected chi connectivity index (χ2v) is 20.6. The molecule has 0 unspecified atom stereocenters. The Labute approximate surface area is 385 Å². The van der Waals surface area contributed by atoms with Gasteiger partial charge in [-0.25, -0.2) is 0 Å². The number of rotatable bonds is 8. The number of hydrogen-bond acceptors (Lipinski definition) is 4. The van der Waals surface area contributed by atoms with Crippen LogP contribution in [0.3, 0.4) is 0 Å². The number of hydrogen-bond donors (Lipinski definition) is 0. The molecule has 322 valence electrons. The molecule has 0 saturated heterocycles. The fourth-order valence-corrected chi connectivity index (χ4v) is 10.5. The Balaban J connectivity index is 1.10. The first-order valence-corrected chi connectivity index (χ1v) is 23.3. The van der Waals surface area contributed by atoms with E-state index in [1.807, 2.05) is 12.1 Å². The van der Waals surface area contributed by atoms with Crippen molar-refractivity contribution >= 4 is 110 Å². The van der Waals surface area contributed by atoms with Crippen LogP contribution in [-0.2, 0) is 12.8 Å². The highest BCUT2D eigenvalue weighted by Gasteiger charge is 2.26. The molecule has 0 amide bonds. The molecule has 0 atom stereocenters. The molecule has 0 saturated carbocycles. The van der Waals surface area contributed by atoms with Gasteiger partial charge in [-0.15, -0.1) is 0 Å². The maximum Gasteiger partial charge on any atom is 0.159 e. The Morgan fingerprint density at radius 3 is 1.12 bits per heavy atom. The van der Waals surface area contributed by atoms with Gasteiger partial charge in [-0.05, 0) is 117 Å². The highest BCUT2D eigenvalue weighted by atomic mass is 16.3. The Morgan fingerprint density at radius 2 is 0.712 bits per heavy atom. The SMILES string of the molecule is CC(C)(C)Cc1ccc(N(c2ccc3ccc4c(N(c5ccc(CC(C)(C)C)cc5)c5cccc6c5oc5ccccc56)ccc5ccc2c3c54)c2cccc3c2oc2ccccc23)cc1. The van der Waals surface area contributed by atoms with Crippen LogP contribution in [0.2, 0.25) is 0 Å². The Hall–Kier alpha value is -7.56. The summed E-state index contributed by atoms with van der Waals surface area (Å²) in [5.41, 5.74) is 12.9. The van der Waals surface area contributed by atoms with E-state index in [9.17, 15) is 0 Å². The summed E-state index contributed by atoms with van der Waals surface area (Å²) in [7, 11) is 0. The number of nitrogens with zero attached hydrogens (tertiary/aromatic N) is 2. The van der Waals surface area contributed by atoms with Crippen LogP contribution in [0.15, 0.2) is 191 Å². The van der Waals surface area contributed by atoms with Crippen molar-refractivity contribution in [3.8, 4) is 0 Å². The van der Waals surface area contributed by atoms with Gasteiger partial charge in [0.15, 0.2) is 11.2 Å². The van der Waals surface area contributed by atoms with Crippen LogP contribution >= 0.6 is 0 Å². The standard InChI is InChI=1S/C62H52N2O2/c1-61(2,3)37-39-21-29-43(30-22-39)63(53-17-11-15-47-45-13-7-9-19-55(45)65-59(47)53)51-35-27-41-26-34-50-52(36-28-42-25-33-49(51)57(41)58(42)50)64(44-31-23-40(24-32-44)38-62(4,5)6)54-18-12-16-48-46-14-8-10-20-56(46)66-60(48)54/h7-36H,37-38H2,1-6H3.